The van der Waals surface area contributed by atoms with Crippen LogP contribution in [0.2, 0.25) is 5.02 Å². The van der Waals surface area contributed by atoms with Crippen molar-refractivity contribution in [3.05, 3.63) is 117 Å². The van der Waals surface area contributed by atoms with Crippen LogP contribution >= 0.6 is 11.6 Å². The molecule has 0 unspecified atom stereocenters. The van der Waals surface area contributed by atoms with E-state index in [-0.39, 0.29) is 17.8 Å². The Morgan fingerprint density at radius 3 is 2.44 bits per heavy atom. The normalized spacial score (nSPS) is 11.7. The maximum Gasteiger partial charge on any atom is 0.264 e. The summed E-state index contributed by atoms with van der Waals surface area (Å²) in [4.78, 5) is 35.8. The average Bonchev–Trinajstić information content (AvgIpc) is 3.00. The predicted molar refractivity (Wildman–Crippen MR) is 164 cm³/mol. The van der Waals surface area contributed by atoms with Crippen molar-refractivity contribution in [1.82, 2.24) is 14.5 Å². The maximum absolute atomic E-state index is 13.8. The fraction of sp³-hybridized carbons (Fsp3) is 0.188. The van der Waals surface area contributed by atoms with Gasteiger partial charge in [0.2, 0.25) is 0 Å². The molecule has 41 heavy (non-hydrogen) atoms. The molecule has 0 saturated heterocycles. The van der Waals surface area contributed by atoms with Crippen LogP contribution in [0.1, 0.15) is 47.9 Å². The zero-order valence-electron chi connectivity index (χ0n) is 23.0. The first-order valence-electron chi connectivity index (χ1n) is 13.3. The van der Waals surface area contributed by atoms with Gasteiger partial charge in [-0.1, -0.05) is 61.0 Å². The Morgan fingerprint density at radius 2 is 1.73 bits per heavy atom. The van der Waals surface area contributed by atoms with Gasteiger partial charge in [0, 0.05) is 24.3 Å². The van der Waals surface area contributed by atoms with Gasteiger partial charge >= 0.3 is 0 Å². The van der Waals surface area contributed by atoms with Crippen LogP contribution in [-0.4, -0.2) is 27.4 Å². The number of fused-ring (bicyclic) bond motifs is 1. The number of Topliss-reactive ketones (excluding diaryl/α,β-unsaturated/α-hetero) is 1. The third-order valence-electron chi connectivity index (χ3n) is 6.90. The number of aromatic nitrogens is 3. The van der Waals surface area contributed by atoms with E-state index in [0.29, 0.717) is 45.5 Å². The van der Waals surface area contributed by atoms with Crippen molar-refractivity contribution in [2.45, 2.75) is 32.9 Å². The Bertz CT molecular complexity index is 1750. The molecule has 208 valence electrons. The lowest BCUT2D eigenvalue weighted by molar-refractivity contribution is 0.0989. The molecule has 0 saturated carbocycles. The van der Waals surface area contributed by atoms with Gasteiger partial charge in [-0.05, 0) is 54.3 Å². The van der Waals surface area contributed by atoms with Crippen LogP contribution < -0.4 is 20.9 Å². The number of nitrogens with zero attached hydrogens (tertiary/aromatic N) is 3. The number of carbonyl (C=O) groups is 1. The summed E-state index contributed by atoms with van der Waals surface area (Å²) in [6, 6.07) is 24.0. The van der Waals surface area contributed by atoms with E-state index in [1.165, 1.54) is 6.33 Å². The van der Waals surface area contributed by atoms with E-state index in [9.17, 15) is 9.59 Å². The highest BCUT2D eigenvalue weighted by atomic mass is 35.5. The van der Waals surface area contributed by atoms with E-state index in [4.69, 9.17) is 16.3 Å². The first kappa shape index (κ1) is 27.9. The molecule has 5 aromatic rings. The summed E-state index contributed by atoms with van der Waals surface area (Å²) in [5, 5.41) is 8.25. The lowest BCUT2D eigenvalue weighted by Gasteiger charge is -2.23. The molecule has 0 radical (unpaired) electrons. The first-order chi connectivity index (χ1) is 19.9. The number of ketones is 1. The smallest absolute Gasteiger partial charge is 0.264 e. The van der Waals surface area contributed by atoms with E-state index >= 15 is 0 Å². The summed E-state index contributed by atoms with van der Waals surface area (Å²) in [5.41, 5.74) is 2.55. The average molecular weight is 568 g/mol. The lowest BCUT2D eigenvalue weighted by atomic mass is 10.1. The molecule has 0 aliphatic rings. The molecule has 0 spiro atoms. The molecule has 0 bridgehead atoms. The third kappa shape index (κ3) is 5.78. The number of methoxy groups -OCH3 is 1. The number of ether oxygens (including phenoxy) is 1. The van der Waals surface area contributed by atoms with Crippen LogP contribution in [-0.2, 0) is 6.54 Å². The largest absolute Gasteiger partial charge is 0.497 e. The first-order valence-corrected chi connectivity index (χ1v) is 13.7. The summed E-state index contributed by atoms with van der Waals surface area (Å²) < 4.78 is 6.89. The summed E-state index contributed by atoms with van der Waals surface area (Å²) >= 11 is 6.46. The zero-order valence-corrected chi connectivity index (χ0v) is 23.8. The van der Waals surface area contributed by atoms with Gasteiger partial charge in [-0.25, -0.2) is 9.97 Å². The second-order valence-electron chi connectivity index (χ2n) is 9.54. The second-order valence-corrected chi connectivity index (χ2v) is 9.95. The van der Waals surface area contributed by atoms with Crippen molar-refractivity contribution in [2.24, 2.45) is 0 Å². The van der Waals surface area contributed by atoms with Crippen LogP contribution in [0.3, 0.4) is 0 Å². The van der Waals surface area contributed by atoms with Gasteiger partial charge < -0.3 is 15.4 Å². The molecule has 5 rings (SSSR count). The van der Waals surface area contributed by atoms with Gasteiger partial charge in [0.1, 0.15) is 29.3 Å². The van der Waals surface area contributed by atoms with Gasteiger partial charge in [-0.2, -0.15) is 0 Å². The summed E-state index contributed by atoms with van der Waals surface area (Å²) in [6.07, 6.45) is 1.69. The number of nitrogens with one attached hydrogen (secondary N) is 2. The molecule has 0 aliphatic carbocycles. The number of hydrogen-bond donors (Lipinski definition) is 2. The van der Waals surface area contributed by atoms with E-state index in [1.807, 2.05) is 79.7 Å². The number of carbonyl (C=O) groups excluding carboxylic acids is 1. The molecule has 1 atom stereocenters. The Balaban J connectivity index is 1.54. The molecule has 0 fully saturated rings. The van der Waals surface area contributed by atoms with Gasteiger partial charge in [-0.3, -0.25) is 14.2 Å². The fourth-order valence-corrected chi connectivity index (χ4v) is 5.04. The SMILES string of the molecule is CCC(=O)c1c(NCc2ccc(OC)cc2)ncnc1N[C@@H](C)c1cc2cccc(Cl)c2c(=O)n1-c1ccccc1. The summed E-state index contributed by atoms with van der Waals surface area (Å²) in [5.74, 6) is 1.48. The molecule has 8 nitrogen and oxygen atoms in total. The van der Waals surface area contributed by atoms with Gasteiger partial charge in [0.05, 0.1) is 23.6 Å². The van der Waals surface area contributed by atoms with Crippen molar-refractivity contribution in [1.29, 1.82) is 0 Å². The topological polar surface area (TPSA) is 98.1 Å². The zero-order chi connectivity index (χ0) is 28.9. The number of anilines is 2. The highest BCUT2D eigenvalue weighted by Gasteiger charge is 2.22. The van der Waals surface area contributed by atoms with E-state index < -0.39 is 6.04 Å². The minimum atomic E-state index is -0.418. The molecule has 2 N–H and O–H groups in total. The predicted octanol–water partition coefficient (Wildman–Crippen LogP) is 6.82. The van der Waals surface area contributed by atoms with E-state index in [1.54, 1.807) is 24.7 Å². The molecular formula is C32H30ClN5O3. The number of rotatable bonds is 10. The minimum absolute atomic E-state index is 0.108. The van der Waals surface area contributed by atoms with Crippen molar-refractivity contribution >= 4 is 39.8 Å². The van der Waals surface area contributed by atoms with Gasteiger partial charge in [-0.15, -0.1) is 0 Å². The van der Waals surface area contributed by atoms with Crippen LogP contribution in [0.25, 0.3) is 16.5 Å². The second kappa shape index (κ2) is 12.2. The van der Waals surface area contributed by atoms with Crippen LogP contribution in [0, 0.1) is 0 Å². The number of para-hydroxylation sites is 1. The fourth-order valence-electron chi connectivity index (χ4n) is 4.78. The molecule has 2 heterocycles. The minimum Gasteiger partial charge on any atom is -0.497 e. The molecule has 2 aromatic heterocycles. The Kier molecular flexibility index (Phi) is 8.31. The monoisotopic (exact) mass is 567 g/mol. The van der Waals surface area contributed by atoms with Crippen molar-refractivity contribution in [3.63, 3.8) is 0 Å². The molecule has 0 amide bonds. The molecule has 3 aromatic carbocycles. The van der Waals surface area contributed by atoms with Crippen molar-refractivity contribution in [2.75, 3.05) is 17.7 Å². The molecular weight excluding hydrogens is 538 g/mol. The van der Waals surface area contributed by atoms with Gasteiger partial charge in [0.25, 0.3) is 5.56 Å². The summed E-state index contributed by atoms with van der Waals surface area (Å²) in [7, 11) is 1.62. The number of halogens is 1. The molecule has 9 heteroatoms. The number of hydrogen-bond acceptors (Lipinski definition) is 7. The number of pyridine rings is 1. The number of benzene rings is 3. The Hall–Kier alpha value is -4.69. The molecule has 0 aliphatic heterocycles. The highest BCUT2D eigenvalue weighted by molar-refractivity contribution is 6.35. The van der Waals surface area contributed by atoms with E-state index in [0.717, 1.165) is 16.7 Å². The Morgan fingerprint density at radius 1 is 1.00 bits per heavy atom. The van der Waals surface area contributed by atoms with Crippen molar-refractivity contribution < 1.29 is 9.53 Å². The van der Waals surface area contributed by atoms with Crippen molar-refractivity contribution in [3.8, 4) is 11.4 Å². The lowest BCUT2D eigenvalue weighted by Crippen LogP contribution is -2.26. The van der Waals surface area contributed by atoms with E-state index in [2.05, 4.69) is 20.6 Å². The summed E-state index contributed by atoms with van der Waals surface area (Å²) in [6.45, 7) is 4.19. The third-order valence-corrected chi connectivity index (χ3v) is 7.22. The maximum atomic E-state index is 13.8. The Labute approximate surface area is 243 Å². The highest BCUT2D eigenvalue weighted by Crippen LogP contribution is 2.29. The standard InChI is InChI=1S/C32H30ClN5O3/c1-4-27(39)29-30(34-18-21-13-15-24(41-3)16-14-21)35-19-36-31(29)37-20(2)26-17-22-9-8-12-25(33)28(22)32(40)38(26)23-10-6-5-7-11-23/h5-17,19-20H,4,18H2,1-3H3,(H2,34,35,36,37)/t20-/m0/s1. The quantitative estimate of drug-likeness (QED) is 0.179. The van der Waals surface area contributed by atoms with Gasteiger partial charge in [0.15, 0.2) is 5.78 Å². The van der Waals surface area contributed by atoms with Crippen LogP contribution in [0.15, 0.2) is 90.0 Å². The van der Waals surface area contributed by atoms with Crippen LogP contribution in [0.4, 0.5) is 11.6 Å². The van der Waals surface area contributed by atoms with Crippen LogP contribution in [0.5, 0.6) is 5.75 Å².